The molecule has 1 N–H and O–H groups in total. The largest absolute Gasteiger partial charge is 0.383 e. The van der Waals surface area contributed by atoms with Crippen molar-refractivity contribution >= 4 is 10.0 Å². The fraction of sp³-hybridized carbons (Fsp3) is 0.417. The molecule has 98 valence electrons. The molecule has 0 aromatic heterocycles. The van der Waals surface area contributed by atoms with Gasteiger partial charge in [-0.05, 0) is 30.7 Å². The highest BCUT2D eigenvalue weighted by Crippen LogP contribution is 2.11. The molecule has 1 atom stereocenters. The van der Waals surface area contributed by atoms with Crippen LogP contribution >= 0.6 is 0 Å². The first-order valence-electron chi connectivity index (χ1n) is 5.55. The van der Waals surface area contributed by atoms with Crippen LogP contribution in [0, 0.1) is 11.3 Å². The Labute approximate surface area is 107 Å². The molecule has 0 fully saturated rings. The Bertz CT molecular complexity index is 517. The standard InChI is InChI=1S/C12H16N2O3S/c1-3-11(9-17-2)14-18(15,16)12-6-4-10(8-13)5-7-12/h4-7,11,14H,3,9H2,1-2H3. The van der Waals surface area contributed by atoms with Gasteiger partial charge in [-0.2, -0.15) is 5.26 Å². The number of methoxy groups -OCH3 is 1. The van der Waals surface area contributed by atoms with E-state index in [1.165, 1.54) is 31.4 Å². The Balaban J connectivity index is 2.88. The lowest BCUT2D eigenvalue weighted by Gasteiger charge is -2.16. The normalized spacial score (nSPS) is 12.9. The average Bonchev–Trinajstić information content (AvgIpc) is 2.38. The van der Waals surface area contributed by atoms with Gasteiger partial charge in [0.25, 0.3) is 0 Å². The molecule has 0 amide bonds. The molecular weight excluding hydrogens is 252 g/mol. The van der Waals surface area contributed by atoms with Crippen LogP contribution in [0.3, 0.4) is 0 Å². The van der Waals surface area contributed by atoms with Crippen LogP contribution in [-0.4, -0.2) is 28.2 Å². The third-order valence-corrected chi connectivity index (χ3v) is 4.01. The molecule has 1 unspecified atom stereocenters. The van der Waals surface area contributed by atoms with Crippen LogP contribution in [0.5, 0.6) is 0 Å². The second-order valence-electron chi connectivity index (χ2n) is 3.82. The summed E-state index contributed by atoms with van der Waals surface area (Å²) in [7, 11) is -2.03. The summed E-state index contributed by atoms with van der Waals surface area (Å²) in [6, 6.07) is 7.48. The van der Waals surface area contributed by atoms with E-state index in [2.05, 4.69) is 4.72 Å². The smallest absolute Gasteiger partial charge is 0.240 e. The van der Waals surface area contributed by atoms with Crippen molar-refractivity contribution in [3.8, 4) is 6.07 Å². The highest BCUT2D eigenvalue weighted by Gasteiger charge is 2.18. The topological polar surface area (TPSA) is 79.2 Å². The zero-order valence-electron chi connectivity index (χ0n) is 10.4. The zero-order chi connectivity index (χ0) is 13.6. The van der Waals surface area contributed by atoms with Crippen molar-refractivity contribution < 1.29 is 13.2 Å². The van der Waals surface area contributed by atoms with Gasteiger partial charge in [0.05, 0.1) is 23.1 Å². The van der Waals surface area contributed by atoms with E-state index in [0.717, 1.165) is 0 Å². The molecule has 0 heterocycles. The van der Waals surface area contributed by atoms with Gasteiger partial charge in [-0.15, -0.1) is 0 Å². The van der Waals surface area contributed by atoms with Gasteiger partial charge in [-0.25, -0.2) is 13.1 Å². The lowest BCUT2D eigenvalue weighted by Crippen LogP contribution is -2.37. The summed E-state index contributed by atoms with van der Waals surface area (Å²) in [6.45, 7) is 2.21. The molecule has 0 aliphatic rings. The lowest BCUT2D eigenvalue weighted by atomic mass is 10.2. The van der Waals surface area contributed by atoms with E-state index in [1.54, 1.807) is 0 Å². The van der Waals surface area contributed by atoms with Crippen molar-refractivity contribution in [3.05, 3.63) is 29.8 Å². The molecule has 5 nitrogen and oxygen atoms in total. The van der Waals surface area contributed by atoms with Crippen LogP contribution < -0.4 is 4.72 Å². The molecule has 0 bridgehead atoms. The molecule has 0 saturated heterocycles. The molecule has 0 aliphatic heterocycles. The maximum Gasteiger partial charge on any atom is 0.240 e. The Hall–Kier alpha value is -1.42. The van der Waals surface area contributed by atoms with Gasteiger partial charge in [0.15, 0.2) is 0 Å². The van der Waals surface area contributed by atoms with E-state index >= 15 is 0 Å². The SMILES string of the molecule is CCC(COC)NS(=O)(=O)c1ccc(C#N)cc1. The highest BCUT2D eigenvalue weighted by atomic mass is 32.2. The predicted molar refractivity (Wildman–Crippen MR) is 67.4 cm³/mol. The van der Waals surface area contributed by atoms with Crippen LogP contribution in [0.25, 0.3) is 0 Å². The summed E-state index contributed by atoms with van der Waals surface area (Å²) < 4.78 is 31.6. The summed E-state index contributed by atoms with van der Waals surface area (Å²) in [5.74, 6) is 0. The lowest BCUT2D eigenvalue weighted by molar-refractivity contribution is 0.173. The first-order chi connectivity index (χ1) is 8.53. The van der Waals surface area contributed by atoms with Gasteiger partial charge in [0.1, 0.15) is 0 Å². The Morgan fingerprint density at radius 1 is 1.39 bits per heavy atom. The van der Waals surface area contributed by atoms with Gasteiger partial charge in [0, 0.05) is 13.2 Å². The Morgan fingerprint density at radius 2 is 2.00 bits per heavy atom. The number of rotatable bonds is 6. The summed E-state index contributed by atoms with van der Waals surface area (Å²) in [5.41, 5.74) is 0.429. The second kappa shape index (κ2) is 6.50. The Morgan fingerprint density at radius 3 is 2.44 bits per heavy atom. The molecule has 0 aliphatic carbocycles. The summed E-state index contributed by atoms with van der Waals surface area (Å²) in [5, 5.41) is 8.65. The van der Waals surface area contributed by atoms with Crippen LogP contribution in [0.1, 0.15) is 18.9 Å². The quantitative estimate of drug-likeness (QED) is 0.842. The molecule has 1 rings (SSSR count). The van der Waals surface area contributed by atoms with Crippen molar-refractivity contribution in [2.45, 2.75) is 24.3 Å². The van der Waals surface area contributed by atoms with Gasteiger partial charge in [-0.3, -0.25) is 0 Å². The van der Waals surface area contributed by atoms with Crippen LogP contribution in [-0.2, 0) is 14.8 Å². The summed E-state index contributed by atoms with van der Waals surface area (Å²) in [4.78, 5) is 0.149. The minimum Gasteiger partial charge on any atom is -0.383 e. The van der Waals surface area contributed by atoms with Gasteiger partial charge in [-0.1, -0.05) is 6.92 Å². The van der Waals surface area contributed by atoms with E-state index in [1.807, 2.05) is 13.0 Å². The molecular formula is C12H16N2O3S. The number of benzene rings is 1. The van der Waals surface area contributed by atoms with E-state index in [9.17, 15) is 8.42 Å². The fourth-order valence-corrected chi connectivity index (χ4v) is 2.74. The molecule has 1 aromatic rings. The number of nitrogens with zero attached hydrogens (tertiary/aromatic N) is 1. The molecule has 6 heteroatoms. The highest BCUT2D eigenvalue weighted by molar-refractivity contribution is 7.89. The Kier molecular flexibility index (Phi) is 5.28. The number of hydrogen-bond acceptors (Lipinski definition) is 4. The van der Waals surface area contributed by atoms with Gasteiger partial charge >= 0.3 is 0 Å². The maximum absolute atomic E-state index is 12.0. The molecule has 1 aromatic carbocycles. The first-order valence-corrected chi connectivity index (χ1v) is 7.03. The maximum atomic E-state index is 12.0. The van der Waals surface area contributed by atoms with Crippen LogP contribution in [0.2, 0.25) is 0 Å². The van der Waals surface area contributed by atoms with E-state index in [4.69, 9.17) is 10.00 Å². The number of nitrogens with one attached hydrogen (secondary N) is 1. The molecule has 0 saturated carbocycles. The number of ether oxygens (including phenoxy) is 1. The van der Waals surface area contributed by atoms with Crippen molar-refractivity contribution in [3.63, 3.8) is 0 Å². The molecule has 0 radical (unpaired) electrons. The van der Waals surface area contributed by atoms with E-state index in [0.29, 0.717) is 18.6 Å². The van der Waals surface area contributed by atoms with Crippen molar-refractivity contribution in [1.82, 2.24) is 4.72 Å². The van der Waals surface area contributed by atoms with Crippen molar-refractivity contribution in [2.24, 2.45) is 0 Å². The monoisotopic (exact) mass is 268 g/mol. The molecule has 18 heavy (non-hydrogen) atoms. The number of hydrogen-bond donors (Lipinski definition) is 1. The summed E-state index contributed by atoms with van der Waals surface area (Å²) in [6.07, 6.45) is 0.642. The van der Waals surface area contributed by atoms with E-state index in [-0.39, 0.29) is 10.9 Å². The third-order valence-electron chi connectivity index (χ3n) is 2.48. The second-order valence-corrected chi connectivity index (χ2v) is 5.53. The third kappa shape index (κ3) is 3.81. The van der Waals surface area contributed by atoms with Crippen LogP contribution in [0.4, 0.5) is 0 Å². The summed E-state index contributed by atoms with van der Waals surface area (Å²) >= 11 is 0. The van der Waals surface area contributed by atoms with Crippen molar-refractivity contribution in [2.75, 3.05) is 13.7 Å². The first kappa shape index (κ1) is 14.6. The van der Waals surface area contributed by atoms with Crippen LogP contribution in [0.15, 0.2) is 29.2 Å². The number of sulfonamides is 1. The minimum absolute atomic E-state index is 0.149. The van der Waals surface area contributed by atoms with Crippen molar-refractivity contribution in [1.29, 1.82) is 5.26 Å². The van der Waals surface area contributed by atoms with Gasteiger partial charge in [0.2, 0.25) is 10.0 Å². The number of nitriles is 1. The minimum atomic E-state index is -3.56. The van der Waals surface area contributed by atoms with E-state index < -0.39 is 10.0 Å². The predicted octanol–water partition coefficient (Wildman–Crippen LogP) is 1.26. The zero-order valence-corrected chi connectivity index (χ0v) is 11.2. The van der Waals surface area contributed by atoms with Gasteiger partial charge < -0.3 is 4.74 Å². The fourth-order valence-electron chi connectivity index (χ4n) is 1.43. The average molecular weight is 268 g/mol. The molecule has 0 spiro atoms.